The van der Waals surface area contributed by atoms with Gasteiger partial charge in [0.05, 0.1) is 0 Å². The zero-order valence-corrected chi connectivity index (χ0v) is 10.6. The van der Waals surface area contributed by atoms with Gasteiger partial charge >= 0.3 is 0 Å². The maximum absolute atomic E-state index is 6.03. The fourth-order valence-corrected chi connectivity index (χ4v) is 3.18. The molecule has 0 bridgehead atoms. The number of nitrogens with one attached hydrogen (secondary N) is 1. The van der Waals surface area contributed by atoms with Gasteiger partial charge in [0.1, 0.15) is 0 Å². The minimum atomic E-state index is 0.406. The van der Waals surface area contributed by atoms with Crippen molar-refractivity contribution in [1.82, 2.24) is 5.32 Å². The summed E-state index contributed by atoms with van der Waals surface area (Å²) in [4.78, 5) is 1.34. The molecule has 0 aromatic heterocycles. The quantitative estimate of drug-likeness (QED) is 0.652. The number of halogens is 1. The van der Waals surface area contributed by atoms with Crippen molar-refractivity contribution in [3.8, 4) is 12.3 Å². The third kappa shape index (κ3) is 2.74. The van der Waals surface area contributed by atoms with E-state index in [2.05, 4.69) is 23.4 Å². The average Bonchev–Trinajstić information content (AvgIpc) is 2.30. The molecule has 0 aliphatic carbocycles. The second-order valence-electron chi connectivity index (χ2n) is 3.78. The zero-order chi connectivity index (χ0) is 11.4. The first kappa shape index (κ1) is 11.9. The van der Waals surface area contributed by atoms with Gasteiger partial charge in [0.15, 0.2) is 0 Å². The van der Waals surface area contributed by atoms with Gasteiger partial charge in [-0.3, -0.25) is 0 Å². The molecule has 0 amide bonds. The number of benzene rings is 1. The van der Waals surface area contributed by atoms with Gasteiger partial charge < -0.3 is 5.32 Å². The molecule has 0 saturated carbocycles. The lowest BCUT2D eigenvalue weighted by atomic mass is 10.0. The van der Waals surface area contributed by atoms with Crippen LogP contribution in [-0.4, -0.2) is 12.3 Å². The van der Waals surface area contributed by atoms with E-state index in [1.165, 1.54) is 10.5 Å². The minimum Gasteiger partial charge on any atom is -0.309 e. The van der Waals surface area contributed by atoms with Crippen LogP contribution < -0.4 is 5.32 Å². The van der Waals surface area contributed by atoms with Gasteiger partial charge in [0.25, 0.3) is 0 Å². The van der Waals surface area contributed by atoms with Crippen LogP contribution >= 0.6 is 23.4 Å². The first-order valence-electron chi connectivity index (χ1n) is 5.40. The first-order chi connectivity index (χ1) is 7.81. The largest absolute Gasteiger partial charge is 0.309 e. The SMILES string of the molecule is C#CCCNC1CCSc2ccc(Cl)cc21. The molecule has 0 radical (unpaired) electrons. The topological polar surface area (TPSA) is 12.0 Å². The molecule has 1 heterocycles. The lowest BCUT2D eigenvalue weighted by Crippen LogP contribution is -2.25. The van der Waals surface area contributed by atoms with Crippen LogP contribution in [0.15, 0.2) is 23.1 Å². The molecule has 0 spiro atoms. The van der Waals surface area contributed by atoms with Crippen LogP contribution in [0.1, 0.15) is 24.4 Å². The van der Waals surface area contributed by atoms with Gasteiger partial charge in [0, 0.05) is 28.9 Å². The normalized spacial score (nSPS) is 18.9. The van der Waals surface area contributed by atoms with Gasteiger partial charge in [-0.1, -0.05) is 11.6 Å². The van der Waals surface area contributed by atoms with Crippen LogP contribution in [0.5, 0.6) is 0 Å². The van der Waals surface area contributed by atoms with Gasteiger partial charge in [-0.15, -0.1) is 24.1 Å². The fraction of sp³-hybridized carbons (Fsp3) is 0.385. The van der Waals surface area contributed by atoms with Crippen LogP contribution in [0.2, 0.25) is 5.02 Å². The molecule has 0 fully saturated rings. The maximum Gasteiger partial charge on any atom is 0.0410 e. The van der Waals surface area contributed by atoms with E-state index in [4.69, 9.17) is 18.0 Å². The lowest BCUT2D eigenvalue weighted by molar-refractivity contribution is 0.518. The summed E-state index contributed by atoms with van der Waals surface area (Å²) in [6.07, 6.45) is 7.17. The maximum atomic E-state index is 6.03. The smallest absolute Gasteiger partial charge is 0.0410 e. The van der Waals surface area contributed by atoms with E-state index in [1.54, 1.807) is 0 Å². The molecule has 1 unspecified atom stereocenters. The fourth-order valence-electron chi connectivity index (χ4n) is 1.90. The Hall–Kier alpha value is -0.620. The average molecular weight is 252 g/mol. The standard InChI is InChI=1S/C13H14ClNS/c1-2-3-7-15-12-6-8-16-13-5-4-10(14)9-11(12)13/h1,4-5,9,12,15H,3,6-8H2. The molecular formula is C13H14ClNS. The van der Waals surface area contributed by atoms with Crippen LogP contribution in [0.4, 0.5) is 0 Å². The van der Waals surface area contributed by atoms with Gasteiger partial charge in [-0.2, -0.15) is 0 Å². The number of fused-ring (bicyclic) bond motifs is 1. The summed E-state index contributed by atoms with van der Waals surface area (Å²) in [7, 11) is 0. The molecule has 3 heteroatoms. The summed E-state index contributed by atoms with van der Waals surface area (Å²) < 4.78 is 0. The Balaban J connectivity index is 2.12. The Morgan fingerprint density at radius 2 is 2.44 bits per heavy atom. The van der Waals surface area contributed by atoms with E-state index < -0.39 is 0 Å². The molecule has 1 aliphatic rings. The first-order valence-corrected chi connectivity index (χ1v) is 6.76. The molecule has 0 saturated heterocycles. The second-order valence-corrected chi connectivity index (χ2v) is 5.35. The Morgan fingerprint density at radius 3 is 3.25 bits per heavy atom. The number of thioether (sulfide) groups is 1. The molecule has 1 atom stereocenters. The number of hydrogen-bond acceptors (Lipinski definition) is 2. The molecule has 1 nitrogen and oxygen atoms in total. The van der Waals surface area contributed by atoms with Crippen molar-refractivity contribution < 1.29 is 0 Å². The molecule has 1 aromatic carbocycles. The van der Waals surface area contributed by atoms with E-state index in [0.717, 1.165) is 30.2 Å². The van der Waals surface area contributed by atoms with Crippen LogP contribution in [0.25, 0.3) is 0 Å². The van der Waals surface area contributed by atoms with E-state index >= 15 is 0 Å². The molecule has 2 rings (SSSR count). The van der Waals surface area contributed by atoms with Crippen molar-refractivity contribution in [3.63, 3.8) is 0 Å². The highest BCUT2D eigenvalue weighted by Crippen LogP contribution is 2.37. The highest BCUT2D eigenvalue weighted by Gasteiger charge is 2.19. The summed E-state index contributed by atoms with van der Waals surface area (Å²) in [5, 5.41) is 4.30. The summed E-state index contributed by atoms with van der Waals surface area (Å²) in [6.45, 7) is 0.873. The summed E-state index contributed by atoms with van der Waals surface area (Å²) >= 11 is 7.94. The van der Waals surface area contributed by atoms with Crippen molar-refractivity contribution in [1.29, 1.82) is 0 Å². The van der Waals surface area contributed by atoms with E-state index in [1.807, 2.05) is 17.8 Å². The van der Waals surface area contributed by atoms with E-state index in [-0.39, 0.29) is 0 Å². The minimum absolute atomic E-state index is 0.406. The molecule has 16 heavy (non-hydrogen) atoms. The highest BCUT2D eigenvalue weighted by molar-refractivity contribution is 7.99. The van der Waals surface area contributed by atoms with Crippen molar-refractivity contribution >= 4 is 23.4 Å². The molecule has 1 aromatic rings. The van der Waals surface area contributed by atoms with Gasteiger partial charge in [0.2, 0.25) is 0 Å². The zero-order valence-electron chi connectivity index (χ0n) is 9.00. The third-order valence-electron chi connectivity index (χ3n) is 2.67. The third-order valence-corrected chi connectivity index (χ3v) is 4.03. The summed E-state index contributed by atoms with van der Waals surface area (Å²) in [6, 6.07) is 6.54. The number of hydrogen-bond donors (Lipinski definition) is 1. The van der Waals surface area contributed by atoms with Crippen molar-refractivity contribution in [2.75, 3.05) is 12.3 Å². The summed E-state index contributed by atoms with van der Waals surface area (Å²) in [5.74, 6) is 3.80. The lowest BCUT2D eigenvalue weighted by Gasteiger charge is -2.26. The number of rotatable bonds is 3. The summed E-state index contributed by atoms with van der Waals surface area (Å²) in [5.41, 5.74) is 1.32. The molecular weight excluding hydrogens is 238 g/mol. The van der Waals surface area contributed by atoms with E-state index in [9.17, 15) is 0 Å². The molecule has 84 valence electrons. The van der Waals surface area contributed by atoms with Gasteiger partial charge in [-0.05, 0) is 35.9 Å². The predicted molar refractivity (Wildman–Crippen MR) is 71.0 cm³/mol. The Kier molecular flexibility index (Phi) is 4.17. The molecule has 1 N–H and O–H groups in total. The van der Waals surface area contributed by atoms with Gasteiger partial charge in [-0.25, -0.2) is 0 Å². The van der Waals surface area contributed by atoms with Crippen LogP contribution in [0.3, 0.4) is 0 Å². The van der Waals surface area contributed by atoms with Crippen molar-refractivity contribution in [2.45, 2.75) is 23.8 Å². The van der Waals surface area contributed by atoms with E-state index in [0.29, 0.717) is 6.04 Å². The monoisotopic (exact) mass is 251 g/mol. The predicted octanol–water partition coefficient (Wildman–Crippen LogP) is 3.49. The molecule has 1 aliphatic heterocycles. The van der Waals surface area contributed by atoms with Crippen LogP contribution in [-0.2, 0) is 0 Å². The Morgan fingerprint density at radius 1 is 1.56 bits per heavy atom. The van der Waals surface area contributed by atoms with Crippen LogP contribution in [0, 0.1) is 12.3 Å². The van der Waals surface area contributed by atoms with Crippen molar-refractivity contribution in [2.24, 2.45) is 0 Å². The highest BCUT2D eigenvalue weighted by atomic mass is 35.5. The van der Waals surface area contributed by atoms with Crippen molar-refractivity contribution in [3.05, 3.63) is 28.8 Å². The Bertz CT molecular complexity index is 411. The Labute approximate surface area is 106 Å². The number of terminal acetylenes is 1. The second kappa shape index (κ2) is 5.63.